The lowest BCUT2D eigenvalue weighted by Crippen LogP contribution is -2.35. The number of carbonyl (C=O) groups excluding carboxylic acids is 3. The van der Waals surface area contributed by atoms with Gasteiger partial charge in [0.15, 0.2) is 0 Å². The van der Waals surface area contributed by atoms with E-state index in [-0.39, 0.29) is 11.1 Å². The second-order valence-electron chi connectivity index (χ2n) is 3.66. The van der Waals surface area contributed by atoms with E-state index < -0.39 is 24.3 Å². The standard InChI is InChI=1S/C12H11NO5/c1-17-8-5-3-4-7-10(8)12(16)13(11(7)15)6-9(14)18-2/h3-5H,6H2,1-2H3. The third kappa shape index (κ3) is 1.71. The van der Waals surface area contributed by atoms with Crippen LogP contribution in [0.5, 0.6) is 5.75 Å². The maximum absolute atomic E-state index is 12.1. The molecule has 0 bridgehead atoms. The number of fused-ring (bicyclic) bond motifs is 1. The van der Waals surface area contributed by atoms with Gasteiger partial charge < -0.3 is 9.47 Å². The fraction of sp³-hybridized carbons (Fsp3) is 0.250. The van der Waals surface area contributed by atoms with Crippen LogP contribution in [0.4, 0.5) is 0 Å². The molecule has 0 atom stereocenters. The van der Waals surface area contributed by atoms with Crippen molar-refractivity contribution in [2.75, 3.05) is 20.8 Å². The van der Waals surface area contributed by atoms with E-state index in [0.717, 1.165) is 4.90 Å². The van der Waals surface area contributed by atoms with Crippen LogP contribution in [0.1, 0.15) is 20.7 Å². The number of rotatable bonds is 3. The van der Waals surface area contributed by atoms with Crippen LogP contribution in [0.25, 0.3) is 0 Å². The van der Waals surface area contributed by atoms with Gasteiger partial charge in [-0.3, -0.25) is 19.3 Å². The van der Waals surface area contributed by atoms with Gasteiger partial charge in [-0.05, 0) is 12.1 Å². The van der Waals surface area contributed by atoms with Gasteiger partial charge in [0, 0.05) is 0 Å². The fourth-order valence-corrected chi connectivity index (χ4v) is 1.81. The Bertz CT molecular complexity index is 537. The number of hydrogen-bond acceptors (Lipinski definition) is 5. The molecule has 0 unspecified atom stereocenters. The van der Waals surface area contributed by atoms with Gasteiger partial charge >= 0.3 is 5.97 Å². The lowest BCUT2D eigenvalue weighted by atomic mass is 10.1. The molecule has 1 aromatic carbocycles. The predicted octanol–water partition coefficient (Wildman–Crippen LogP) is 0.464. The minimum Gasteiger partial charge on any atom is -0.496 e. The zero-order valence-corrected chi connectivity index (χ0v) is 9.93. The Morgan fingerprint density at radius 3 is 2.56 bits per heavy atom. The van der Waals surface area contributed by atoms with Crippen molar-refractivity contribution in [2.45, 2.75) is 0 Å². The Hall–Kier alpha value is -2.37. The molecule has 0 fully saturated rings. The Balaban J connectivity index is 2.41. The number of benzene rings is 1. The third-order valence-corrected chi connectivity index (χ3v) is 2.70. The van der Waals surface area contributed by atoms with E-state index in [0.29, 0.717) is 5.75 Å². The van der Waals surface area contributed by atoms with Crippen molar-refractivity contribution in [3.05, 3.63) is 29.3 Å². The van der Waals surface area contributed by atoms with Crippen LogP contribution in [0.2, 0.25) is 0 Å². The van der Waals surface area contributed by atoms with Crippen molar-refractivity contribution in [3.8, 4) is 5.75 Å². The number of esters is 1. The normalized spacial score (nSPS) is 13.6. The number of ether oxygens (including phenoxy) is 2. The largest absolute Gasteiger partial charge is 0.496 e. The van der Waals surface area contributed by atoms with Crippen LogP contribution in [0.15, 0.2) is 18.2 Å². The molecule has 0 saturated carbocycles. The van der Waals surface area contributed by atoms with E-state index in [1.807, 2.05) is 0 Å². The minimum absolute atomic E-state index is 0.189. The van der Waals surface area contributed by atoms with Crippen molar-refractivity contribution in [1.29, 1.82) is 0 Å². The molecule has 0 saturated heterocycles. The maximum Gasteiger partial charge on any atom is 0.325 e. The average Bonchev–Trinajstić information content (AvgIpc) is 2.63. The van der Waals surface area contributed by atoms with Crippen LogP contribution in [0, 0.1) is 0 Å². The van der Waals surface area contributed by atoms with Crippen LogP contribution in [0.3, 0.4) is 0 Å². The minimum atomic E-state index is -0.650. The van der Waals surface area contributed by atoms with Crippen LogP contribution < -0.4 is 4.74 Å². The molecule has 6 heteroatoms. The highest BCUT2D eigenvalue weighted by atomic mass is 16.5. The van der Waals surface area contributed by atoms with Crippen molar-refractivity contribution in [2.24, 2.45) is 0 Å². The predicted molar refractivity (Wildman–Crippen MR) is 60.4 cm³/mol. The van der Waals surface area contributed by atoms with Crippen molar-refractivity contribution in [3.63, 3.8) is 0 Å². The third-order valence-electron chi connectivity index (χ3n) is 2.70. The highest BCUT2D eigenvalue weighted by Gasteiger charge is 2.39. The molecule has 6 nitrogen and oxygen atoms in total. The van der Waals surface area contributed by atoms with Crippen molar-refractivity contribution in [1.82, 2.24) is 4.90 Å². The SMILES string of the molecule is COC(=O)CN1C(=O)c2cccc(OC)c2C1=O. The Morgan fingerprint density at radius 2 is 1.94 bits per heavy atom. The summed E-state index contributed by atoms with van der Waals surface area (Å²) in [6.45, 7) is -0.397. The second kappa shape index (κ2) is 4.48. The van der Waals surface area contributed by atoms with Crippen LogP contribution in [-0.4, -0.2) is 43.4 Å². The molecule has 2 amide bonds. The lowest BCUT2D eigenvalue weighted by molar-refractivity contribution is -0.140. The van der Waals surface area contributed by atoms with E-state index >= 15 is 0 Å². The molecule has 0 aromatic heterocycles. The summed E-state index contributed by atoms with van der Waals surface area (Å²) in [5.74, 6) is -1.39. The first-order chi connectivity index (χ1) is 8.60. The van der Waals surface area contributed by atoms with Gasteiger partial charge in [0.05, 0.1) is 25.3 Å². The number of hydrogen-bond donors (Lipinski definition) is 0. The average molecular weight is 249 g/mol. The van der Waals surface area contributed by atoms with E-state index in [2.05, 4.69) is 4.74 Å². The Morgan fingerprint density at radius 1 is 1.22 bits per heavy atom. The fourth-order valence-electron chi connectivity index (χ4n) is 1.81. The Labute approximate surface area is 103 Å². The van der Waals surface area contributed by atoms with E-state index in [1.165, 1.54) is 20.3 Å². The van der Waals surface area contributed by atoms with E-state index in [4.69, 9.17) is 4.74 Å². The molecule has 0 aliphatic carbocycles. The number of amides is 2. The van der Waals surface area contributed by atoms with Crippen molar-refractivity contribution >= 4 is 17.8 Å². The monoisotopic (exact) mass is 249 g/mol. The summed E-state index contributed by atoms with van der Waals surface area (Å²) in [5, 5.41) is 0. The van der Waals surface area contributed by atoms with Crippen LogP contribution >= 0.6 is 0 Å². The number of carbonyl (C=O) groups is 3. The number of nitrogens with zero attached hydrogens (tertiary/aromatic N) is 1. The van der Waals surface area contributed by atoms with Gasteiger partial charge in [-0.2, -0.15) is 0 Å². The highest BCUT2D eigenvalue weighted by molar-refractivity contribution is 6.23. The van der Waals surface area contributed by atoms with E-state index in [1.54, 1.807) is 12.1 Å². The molecule has 0 spiro atoms. The first kappa shape index (κ1) is 12.1. The first-order valence-corrected chi connectivity index (χ1v) is 5.20. The summed E-state index contributed by atoms with van der Waals surface area (Å²) in [4.78, 5) is 36.0. The van der Waals surface area contributed by atoms with E-state index in [9.17, 15) is 14.4 Å². The van der Waals surface area contributed by atoms with Gasteiger partial charge in [0.25, 0.3) is 11.8 Å². The molecule has 0 radical (unpaired) electrons. The summed E-state index contributed by atoms with van der Waals surface area (Å²) >= 11 is 0. The van der Waals surface area contributed by atoms with Gasteiger partial charge in [-0.25, -0.2) is 0 Å². The maximum atomic E-state index is 12.1. The van der Waals surface area contributed by atoms with Gasteiger partial charge in [-0.15, -0.1) is 0 Å². The topological polar surface area (TPSA) is 72.9 Å². The molecule has 1 aromatic rings. The molecular formula is C12H11NO5. The molecule has 1 aliphatic rings. The van der Waals surface area contributed by atoms with Crippen LogP contribution in [-0.2, 0) is 9.53 Å². The number of methoxy groups -OCH3 is 2. The lowest BCUT2D eigenvalue weighted by Gasteiger charge is -2.11. The molecular weight excluding hydrogens is 238 g/mol. The van der Waals surface area contributed by atoms with Crippen molar-refractivity contribution < 1.29 is 23.9 Å². The number of imide groups is 1. The van der Waals surface area contributed by atoms with Gasteiger partial charge in [0.1, 0.15) is 12.3 Å². The molecule has 94 valence electrons. The molecule has 1 aliphatic heterocycles. The molecule has 1 heterocycles. The molecule has 18 heavy (non-hydrogen) atoms. The summed E-state index contributed by atoms with van der Waals surface area (Å²) < 4.78 is 9.49. The zero-order chi connectivity index (χ0) is 13.3. The Kier molecular flexibility index (Phi) is 3.01. The smallest absolute Gasteiger partial charge is 0.325 e. The van der Waals surface area contributed by atoms with Gasteiger partial charge in [0.2, 0.25) is 0 Å². The second-order valence-corrected chi connectivity index (χ2v) is 3.66. The molecule has 2 rings (SSSR count). The van der Waals surface area contributed by atoms with Gasteiger partial charge in [-0.1, -0.05) is 6.07 Å². The summed E-state index contributed by atoms with van der Waals surface area (Å²) in [6.07, 6.45) is 0. The summed E-state index contributed by atoms with van der Waals surface area (Å²) in [7, 11) is 2.61. The molecule has 0 N–H and O–H groups in total. The summed E-state index contributed by atoms with van der Waals surface area (Å²) in [5.41, 5.74) is 0.428. The highest BCUT2D eigenvalue weighted by Crippen LogP contribution is 2.30. The summed E-state index contributed by atoms with van der Waals surface area (Å²) in [6, 6.07) is 4.73. The zero-order valence-electron chi connectivity index (χ0n) is 9.93. The quantitative estimate of drug-likeness (QED) is 0.575. The first-order valence-electron chi connectivity index (χ1n) is 5.20.